The fourth-order valence-corrected chi connectivity index (χ4v) is 5.97. The van der Waals surface area contributed by atoms with Crippen LogP contribution in [0.25, 0.3) is 0 Å². The van der Waals surface area contributed by atoms with Crippen LogP contribution in [0.2, 0.25) is 5.02 Å². The zero-order chi connectivity index (χ0) is 27.5. The Bertz CT molecular complexity index is 1540. The molecule has 0 spiro atoms. The van der Waals surface area contributed by atoms with Crippen LogP contribution in [-0.2, 0) is 6.61 Å². The number of aryl methyl sites for hydroxylation is 1. The molecule has 4 nitrogen and oxygen atoms in total. The first-order valence-corrected chi connectivity index (χ1v) is 14.3. The van der Waals surface area contributed by atoms with E-state index in [0.717, 1.165) is 23.2 Å². The molecule has 0 fully saturated rings. The predicted octanol–water partition coefficient (Wildman–Crippen LogP) is 9.20. The third-order valence-corrected chi connectivity index (χ3v) is 8.00. The monoisotopic (exact) mass is 548 g/mol. The lowest BCUT2D eigenvalue weighted by atomic mass is 9.77. The Labute approximate surface area is 241 Å². The van der Waals surface area contributed by atoms with Gasteiger partial charge in [0.1, 0.15) is 6.61 Å². The molecule has 2 aliphatic rings. The summed E-state index contributed by atoms with van der Waals surface area (Å²) in [6.07, 6.45) is 7.60. The van der Waals surface area contributed by atoms with Crippen LogP contribution in [0, 0.1) is 12.8 Å². The van der Waals surface area contributed by atoms with Gasteiger partial charge in [-0.1, -0.05) is 83.9 Å². The van der Waals surface area contributed by atoms with E-state index >= 15 is 0 Å². The number of hydrogen-bond acceptors (Lipinski definition) is 4. The summed E-state index contributed by atoms with van der Waals surface area (Å²) < 4.78 is 12.0. The van der Waals surface area contributed by atoms with Crippen LogP contribution in [0.4, 0.5) is 11.4 Å². The number of rotatable bonds is 8. The van der Waals surface area contributed by atoms with Gasteiger partial charge in [-0.3, -0.25) is 4.99 Å². The number of aliphatic imine (C=N–C) groups is 1. The molecule has 1 heterocycles. The Kier molecular flexibility index (Phi) is 7.61. The van der Waals surface area contributed by atoms with Gasteiger partial charge in [-0.2, -0.15) is 0 Å². The quantitative estimate of drug-likeness (QED) is 0.176. The minimum atomic E-state index is 0.271. The molecule has 3 atom stereocenters. The fraction of sp³-hybridized carbons (Fsp3) is 0.229. The molecule has 0 bridgehead atoms. The highest BCUT2D eigenvalue weighted by molar-refractivity contribution is 6.32. The van der Waals surface area contributed by atoms with E-state index in [1.807, 2.05) is 25.3 Å². The van der Waals surface area contributed by atoms with E-state index in [0.29, 0.717) is 41.6 Å². The predicted molar refractivity (Wildman–Crippen MR) is 165 cm³/mol. The van der Waals surface area contributed by atoms with E-state index in [4.69, 9.17) is 26.1 Å². The van der Waals surface area contributed by atoms with E-state index < -0.39 is 0 Å². The van der Waals surface area contributed by atoms with Gasteiger partial charge in [-0.05, 0) is 78.8 Å². The lowest BCUT2D eigenvalue weighted by molar-refractivity contribution is 0.269. The van der Waals surface area contributed by atoms with Crippen LogP contribution >= 0.6 is 11.6 Å². The van der Waals surface area contributed by atoms with Crippen LogP contribution in [0.15, 0.2) is 102 Å². The van der Waals surface area contributed by atoms with E-state index in [1.54, 1.807) is 0 Å². The number of benzene rings is 4. The number of fused-ring (bicyclic) bond motifs is 3. The SMILES string of the molecule is CCOc1cc(C=Nc2ccc([C@@H]3Nc4ccccc4[C@@H]4C=CC[C@H]43)cc2)cc(Cl)c1OCc1ccc(C)cc1. The van der Waals surface area contributed by atoms with Crippen molar-refractivity contribution in [1.82, 2.24) is 0 Å². The number of nitrogens with one attached hydrogen (secondary N) is 1. The van der Waals surface area contributed by atoms with Gasteiger partial charge < -0.3 is 14.8 Å². The minimum Gasteiger partial charge on any atom is -0.490 e. The molecule has 0 amide bonds. The zero-order valence-electron chi connectivity index (χ0n) is 22.8. The summed E-state index contributed by atoms with van der Waals surface area (Å²) in [4.78, 5) is 4.73. The third kappa shape index (κ3) is 5.50. The topological polar surface area (TPSA) is 42.8 Å². The molecule has 1 N–H and O–H groups in total. The van der Waals surface area contributed by atoms with Crippen molar-refractivity contribution in [2.75, 3.05) is 11.9 Å². The van der Waals surface area contributed by atoms with E-state index in [2.05, 4.69) is 97.2 Å². The Balaban J connectivity index is 1.17. The summed E-state index contributed by atoms with van der Waals surface area (Å²) in [6.45, 7) is 4.94. The highest BCUT2D eigenvalue weighted by Gasteiger charge is 2.37. The van der Waals surface area contributed by atoms with Crippen molar-refractivity contribution >= 4 is 29.2 Å². The molecule has 5 heteroatoms. The Morgan fingerprint density at radius 2 is 1.77 bits per heavy atom. The number of ether oxygens (including phenoxy) is 2. The second-order valence-corrected chi connectivity index (χ2v) is 10.9. The average Bonchev–Trinajstić information content (AvgIpc) is 3.47. The zero-order valence-corrected chi connectivity index (χ0v) is 23.6. The summed E-state index contributed by atoms with van der Waals surface area (Å²) in [5.74, 6) is 2.15. The minimum absolute atomic E-state index is 0.271. The Morgan fingerprint density at radius 3 is 2.58 bits per heavy atom. The number of nitrogens with zero attached hydrogens (tertiary/aromatic N) is 1. The first-order valence-electron chi connectivity index (χ1n) is 13.9. The number of para-hydroxylation sites is 1. The molecule has 1 aliphatic carbocycles. The number of halogens is 1. The van der Waals surface area contributed by atoms with E-state index in [1.165, 1.54) is 22.4 Å². The molecule has 0 aromatic heterocycles. The molecular formula is C35H33ClN2O2. The van der Waals surface area contributed by atoms with Gasteiger partial charge in [0, 0.05) is 17.8 Å². The maximum Gasteiger partial charge on any atom is 0.180 e. The Hall–Kier alpha value is -4.02. The maximum atomic E-state index is 6.65. The highest BCUT2D eigenvalue weighted by atomic mass is 35.5. The lowest BCUT2D eigenvalue weighted by Crippen LogP contribution is -2.28. The molecular weight excluding hydrogens is 516 g/mol. The van der Waals surface area contributed by atoms with Crippen LogP contribution in [0.3, 0.4) is 0 Å². The lowest BCUT2D eigenvalue weighted by Gasteiger charge is -2.37. The second-order valence-electron chi connectivity index (χ2n) is 10.4. The number of allylic oxidation sites excluding steroid dienone is 2. The van der Waals surface area contributed by atoms with Gasteiger partial charge in [0.25, 0.3) is 0 Å². The largest absolute Gasteiger partial charge is 0.490 e. The average molecular weight is 549 g/mol. The Morgan fingerprint density at radius 1 is 0.975 bits per heavy atom. The molecule has 0 saturated heterocycles. The fourth-order valence-electron chi connectivity index (χ4n) is 5.70. The molecule has 0 unspecified atom stereocenters. The molecule has 4 aromatic rings. The van der Waals surface area contributed by atoms with Crippen molar-refractivity contribution in [3.8, 4) is 11.5 Å². The summed E-state index contributed by atoms with van der Waals surface area (Å²) in [6, 6.07) is 29.5. The smallest absolute Gasteiger partial charge is 0.180 e. The van der Waals surface area contributed by atoms with E-state index in [-0.39, 0.29) is 6.04 Å². The first-order chi connectivity index (χ1) is 19.6. The molecule has 0 saturated carbocycles. The van der Waals surface area contributed by atoms with Gasteiger partial charge in [0.2, 0.25) is 0 Å². The summed E-state index contributed by atoms with van der Waals surface area (Å²) in [5, 5.41) is 4.29. The van der Waals surface area contributed by atoms with Crippen molar-refractivity contribution in [2.45, 2.75) is 38.8 Å². The van der Waals surface area contributed by atoms with Crippen LogP contribution in [-0.4, -0.2) is 12.8 Å². The van der Waals surface area contributed by atoms with Gasteiger partial charge in [0.15, 0.2) is 11.5 Å². The van der Waals surface area contributed by atoms with Gasteiger partial charge in [0.05, 0.1) is 23.4 Å². The van der Waals surface area contributed by atoms with Crippen molar-refractivity contribution in [2.24, 2.45) is 10.9 Å². The van der Waals surface area contributed by atoms with Crippen molar-refractivity contribution in [3.63, 3.8) is 0 Å². The molecule has 1 aliphatic heterocycles. The van der Waals surface area contributed by atoms with Crippen LogP contribution < -0.4 is 14.8 Å². The summed E-state index contributed by atoms with van der Waals surface area (Å²) in [5.41, 5.74) is 7.94. The summed E-state index contributed by atoms with van der Waals surface area (Å²) >= 11 is 6.65. The maximum absolute atomic E-state index is 6.65. The highest BCUT2D eigenvalue weighted by Crippen LogP contribution is 2.49. The molecule has 40 heavy (non-hydrogen) atoms. The van der Waals surface area contributed by atoms with Crippen molar-refractivity contribution in [3.05, 3.63) is 130 Å². The first kappa shape index (κ1) is 26.2. The van der Waals surface area contributed by atoms with Crippen molar-refractivity contribution in [1.29, 1.82) is 0 Å². The number of hydrogen-bond donors (Lipinski definition) is 1. The van der Waals surface area contributed by atoms with Crippen LogP contribution in [0.5, 0.6) is 11.5 Å². The van der Waals surface area contributed by atoms with Gasteiger partial charge >= 0.3 is 0 Å². The standard InChI is InChI=1S/C35H33ClN2O2/c1-3-39-33-20-25(19-31(36)35(33)40-22-24-13-11-23(2)12-14-24)21-37-27-17-15-26(16-18-27)34-30-9-6-8-28(30)29-7-4-5-10-32(29)38-34/h4-8,10-21,28,30,34,38H,3,9,22H2,1-2H3/t28-,30+,34-/m0/s1. The molecule has 6 rings (SSSR count). The molecule has 202 valence electrons. The van der Waals surface area contributed by atoms with Crippen molar-refractivity contribution < 1.29 is 9.47 Å². The van der Waals surface area contributed by atoms with E-state index in [9.17, 15) is 0 Å². The van der Waals surface area contributed by atoms with Gasteiger partial charge in [-0.15, -0.1) is 0 Å². The molecule has 0 radical (unpaired) electrons. The normalized spacial score (nSPS) is 19.2. The molecule has 4 aromatic carbocycles. The van der Waals surface area contributed by atoms with Gasteiger partial charge in [-0.25, -0.2) is 0 Å². The summed E-state index contributed by atoms with van der Waals surface area (Å²) in [7, 11) is 0. The number of anilines is 1. The van der Waals surface area contributed by atoms with Crippen LogP contribution in [0.1, 0.15) is 53.1 Å². The third-order valence-electron chi connectivity index (χ3n) is 7.72. The second kappa shape index (κ2) is 11.6.